The summed E-state index contributed by atoms with van der Waals surface area (Å²) in [7, 11) is -1.95. The number of rotatable bonds is 9. The minimum atomic E-state index is -3.52. The van der Waals surface area contributed by atoms with Crippen LogP contribution in [0.4, 0.5) is 5.69 Å². The van der Waals surface area contributed by atoms with Crippen molar-refractivity contribution in [2.75, 3.05) is 38.7 Å². The summed E-state index contributed by atoms with van der Waals surface area (Å²) >= 11 is 0. The molecule has 0 aromatic heterocycles. The fourth-order valence-electron chi connectivity index (χ4n) is 3.48. The van der Waals surface area contributed by atoms with Crippen LogP contribution in [0.25, 0.3) is 0 Å². The lowest BCUT2D eigenvalue weighted by molar-refractivity contribution is -0.120. The number of methoxy groups -OCH3 is 1. The van der Waals surface area contributed by atoms with Crippen molar-refractivity contribution >= 4 is 27.5 Å². The number of benzene rings is 2. The van der Waals surface area contributed by atoms with Gasteiger partial charge in [0.1, 0.15) is 0 Å². The summed E-state index contributed by atoms with van der Waals surface area (Å²) in [6, 6.07) is 13.0. The Morgan fingerprint density at radius 3 is 2.25 bits per heavy atom. The number of anilines is 1. The van der Waals surface area contributed by atoms with Crippen molar-refractivity contribution in [1.82, 2.24) is 9.62 Å². The number of nitrogens with one attached hydrogen (secondary N) is 2. The zero-order valence-electron chi connectivity index (χ0n) is 18.2. The normalized spacial score (nSPS) is 14.7. The molecule has 2 aromatic carbocycles. The number of nitrogens with zero attached hydrogens (tertiary/aromatic N) is 1. The third kappa shape index (κ3) is 6.38. The van der Waals surface area contributed by atoms with E-state index in [1.54, 1.807) is 31.4 Å². The minimum absolute atomic E-state index is 0.0987. The molecule has 0 radical (unpaired) electrons. The lowest BCUT2D eigenvalue weighted by Crippen LogP contribution is -2.35. The lowest BCUT2D eigenvalue weighted by atomic mass is 10.1. The van der Waals surface area contributed by atoms with Crippen LogP contribution in [0, 0.1) is 0 Å². The predicted octanol–water partition coefficient (Wildman–Crippen LogP) is 2.42. The van der Waals surface area contributed by atoms with Crippen LogP contribution in [0.15, 0.2) is 53.4 Å². The van der Waals surface area contributed by atoms with E-state index in [0.717, 1.165) is 24.8 Å². The molecule has 0 aliphatic carbocycles. The zero-order valence-corrected chi connectivity index (χ0v) is 19.0. The molecule has 1 aliphatic heterocycles. The van der Waals surface area contributed by atoms with Gasteiger partial charge in [-0.2, -0.15) is 4.31 Å². The summed E-state index contributed by atoms with van der Waals surface area (Å²) in [4.78, 5) is 24.6. The van der Waals surface area contributed by atoms with Crippen LogP contribution in [0.1, 0.15) is 35.2 Å². The molecule has 172 valence electrons. The predicted molar refractivity (Wildman–Crippen MR) is 122 cm³/mol. The van der Waals surface area contributed by atoms with Crippen LogP contribution in [-0.2, 0) is 26.0 Å². The summed E-state index contributed by atoms with van der Waals surface area (Å²) < 4.78 is 31.9. The first kappa shape index (κ1) is 23.9. The number of amides is 2. The zero-order chi connectivity index (χ0) is 23.0. The van der Waals surface area contributed by atoms with Crippen molar-refractivity contribution in [2.24, 2.45) is 0 Å². The largest absolute Gasteiger partial charge is 0.383 e. The van der Waals surface area contributed by atoms with E-state index in [2.05, 4.69) is 10.6 Å². The molecule has 2 aromatic rings. The van der Waals surface area contributed by atoms with Crippen molar-refractivity contribution in [3.05, 3.63) is 59.7 Å². The SMILES string of the molecule is COCCNC(=O)Cc1ccc(NC(=O)c2ccc(S(=O)(=O)N3CCCCC3)cc2)cc1. The Labute approximate surface area is 189 Å². The molecule has 2 N–H and O–H groups in total. The van der Waals surface area contributed by atoms with Gasteiger partial charge in [0.05, 0.1) is 17.9 Å². The summed E-state index contributed by atoms with van der Waals surface area (Å²) in [6.45, 7) is 1.99. The smallest absolute Gasteiger partial charge is 0.255 e. The Bertz CT molecular complexity index is 1010. The van der Waals surface area contributed by atoms with E-state index in [9.17, 15) is 18.0 Å². The Hall–Kier alpha value is -2.75. The molecule has 0 saturated carbocycles. The highest BCUT2D eigenvalue weighted by atomic mass is 32.2. The second-order valence-electron chi connectivity index (χ2n) is 7.66. The second kappa shape index (κ2) is 11.2. The average molecular weight is 460 g/mol. The molecule has 1 saturated heterocycles. The number of hydrogen-bond acceptors (Lipinski definition) is 5. The molecule has 2 amide bonds. The number of carbonyl (C=O) groups is 2. The average Bonchev–Trinajstić information content (AvgIpc) is 2.81. The highest BCUT2D eigenvalue weighted by molar-refractivity contribution is 7.89. The van der Waals surface area contributed by atoms with Gasteiger partial charge < -0.3 is 15.4 Å². The molecule has 0 spiro atoms. The molecule has 1 heterocycles. The van der Waals surface area contributed by atoms with E-state index in [0.29, 0.717) is 37.5 Å². The van der Waals surface area contributed by atoms with E-state index in [-0.39, 0.29) is 23.1 Å². The van der Waals surface area contributed by atoms with Gasteiger partial charge in [-0.25, -0.2) is 8.42 Å². The Morgan fingerprint density at radius 1 is 0.969 bits per heavy atom. The summed E-state index contributed by atoms with van der Waals surface area (Å²) in [5, 5.41) is 5.54. The van der Waals surface area contributed by atoms with E-state index < -0.39 is 10.0 Å². The van der Waals surface area contributed by atoms with Crippen LogP contribution >= 0.6 is 0 Å². The monoisotopic (exact) mass is 459 g/mol. The number of carbonyl (C=O) groups excluding carboxylic acids is 2. The van der Waals surface area contributed by atoms with Crippen molar-refractivity contribution in [3.8, 4) is 0 Å². The molecule has 0 bridgehead atoms. The van der Waals surface area contributed by atoms with Crippen LogP contribution < -0.4 is 10.6 Å². The molecule has 0 atom stereocenters. The van der Waals surface area contributed by atoms with Gasteiger partial charge in [0, 0.05) is 38.0 Å². The van der Waals surface area contributed by atoms with Gasteiger partial charge in [-0.05, 0) is 54.8 Å². The van der Waals surface area contributed by atoms with E-state index in [4.69, 9.17) is 4.74 Å². The number of sulfonamides is 1. The standard InChI is InChI=1S/C23H29N3O5S/c1-31-16-13-24-22(27)17-18-5-9-20(10-6-18)25-23(28)19-7-11-21(12-8-19)32(29,30)26-14-3-2-4-15-26/h5-12H,2-4,13-17H2,1H3,(H,24,27)(H,25,28). The fourth-order valence-corrected chi connectivity index (χ4v) is 5.00. The van der Waals surface area contributed by atoms with Crippen molar-refractivity contribution in [2.45, 2.75) is 30.6 Å². The molecule has 3 rings (SSSR count). The highest BCUT2D eigenvalue weighted by Gasteiger charge is 2.25. The van der Waals surface area contributed by atoms with Gasteiger partial charge in [0.15, 0.2) is 0 Å². The van der Waals surface area contributed by atoms with E-state index in [1.165, 1.54) is 28.6 Å². The van der Waals surface area contributed by atoms with Crippen LogP contribution in [0.2, 0.25) is 0 Å². The Balaban J connectivity index is 1.57. The first-order valence-electron chi connectivity index (χ1n) is 10.7. The lowest BCUT2D eigenvalue weighted by Gasteiger charge is -2.25. The first-order chi connectivity index (χ1) is 15.4. The maximum atomic E-state index is 12.7. The van der Waals surface area contributed by atoms with Crippen LogP contribution in [0.3, 0.4) is 0 Å². The van der Waals surface area contributed by atoms with Gasteiger partial charge in [0.25, 0.3) is 5.91 Å². The third-order valence-corrected chi connectivity index (χ3v) is 7.19. The minimum Gasteiger partial charge on any atom is -0.383 e. The quantitative estimate of drug-likeness (QED) is 0.561. The van der Waals surface area contributed by atoms with E-state index >= 15 is 0 Å². The highest BCUT2D eigenvalue weighted by Crippen LogP contribution is 2.21. The van der Waals surface area contributed by atoms with Crippen molar-refractivity contribution in [1.29, 1.82) is 0 Å². The molecule has 1 fully saturated rings. The van der Waals surface area contributed by atoms with Crippen LogP contribution in [-0.4, -0.2) is 57.9 Å². The van der Waals surface area contributed by atoms with Gasteiger partial charge >= 0.3 is 0 Å². The molecular formula is C23H29N3O5S. The maximum absolute atomic E-state index is 12.7. The first-order valence-corrected chi connectivity index (χ1v) is 12.1. The number of ether oxygens (including phenoxy) is 1. The van der Waals surface area contributed by atoms with Gasteiger partial charge in [0.2, 0.25) is 15.9 Å². The Kier molecular flexibility index (Phi) is 8.38. The molecule has 9 heteroatoms. The van der Waals surface area contributed by atoms with Crippen molar-refractivity contribution in [3.63, 3.8) is 0 Å². The number of piperidine rings is 1. The Morgan fingerprint density at radius 2 is 1.62 bits per heavy atom. The van der Waals surface area contributed by atoms with Gasteiger partial charge in [-0.1, -0.05) is 18.6 Å². The topological polar surface area (TPSA) is 105 Å². The molecule has 8 nitrogen and oxygen atoms in total. The van der Waals surface area contributed by atoms with E-state index in [1.807, 2.05) is 0 Å². The molecular weight excluding hydrogens is 430 g/mol. The third-order valence-electron chi connectivity index (χ3n) is 5.27. The second-order valence-corrected chi connectivity index (χ2v) is 9.60. The van der Waals surface area contributed by atoms with Crippen molar-refractivity contribution < 1.29 is 22.7 Å². The molecule has 32 heavy (non-hydrogen) atoms. The summed E-state index contributed by atoms with van der Waals surface area (Å²) in [5.74, 6) is -0.435. The molecule has 0 unspecified atom stereocenters. The van der Waals surface area contributed by atoms with Crippen LogP contribution in [0.5, 0.6) is 0 Å². The molecule has 1 aliphatic rings. The fraction of sp³-hybridized carbons (Fsp3) is 0.391. The number of hydrogen-bond donors (Lipinski definition) is 2. The van der Waals surface area contributed by atoms with Gasteiger partial charge in [-0.15, -0.1) is 0 Å². The maximum Gasteiger partial charge on any atom is 0.255 e. The summed E-state index contributed by atoms with van der Waals surface area (Å²) in [6.07, 6.45) is 3.03. The van der Waals surface area contributed by atoms with Gasteiger partial charge in [-0.3, -0.25) is 9.59 Å². The summed E-state index contributed by atoms with van der Waals surface area (Å²) in [5.41, 5.74) is 1.78.